The van der Waals surface area contributed by atoms with Crippen molar-refractivity contribution in [1.29, 1.82) is 0 Å². The normalized spacial score (nSPS) is 14.3. The molecule has 0 unspecified atom stereocenters. The molecule has 27 rings (SSSR count). The zero-order chi connectivity index (χ0) is 106. The maximum absolute atomic E-state index is 9.44. The molecule has 0 atom stereocenters. The van der Waals surface area contributed by atoms with Crippen LogP contribution in [0.3, 0.4) is 0 Å². The second-order valence-corrected chi connectivity index (χ2v) is 35.2. The lowest BCUT2D eigenvalue weighted by molar-refractivity contribution is 1.64. The number of rotatable bonds is 9. The zero-order valence-corrected chi connectivity index (χ0v) is 70.9. The summed E-state index contributed by atoms with van der Waals surface area (Å²) in [5, 5.41) is 14.0. The smallest absolute Gasteiger partial charge is 0.0629 e. The molecule has 27 aromatic rings. The van der Waals surface area contributed by atoms with E-state index in [-0.39, 0.29) is 137 Å². The van der Waals surface area contributed by atoms with Crippen LogP contribution in [-0.2, 0) is 0 Å². The van der Waals surface area contributed by atoms with E-state index in [1.54, 1.807) is 34.0 Å². The summed E-state index contributed by atoms with van der Waals surface area (Å²) in [6.07, 6.45) is 0. The molecule has 0 aliphatic heterocycles. The van der Waals surface area contributed by atoms with E-state index in [0.717, 1.165) is 111 Å². The van der Waals surface area contributed by atoms with Crippen LogP contribution in [0.2, 0.25) is 0 Å². The first-order valence-electron chi connectivity index (χ1n) is 54.4. The van der Waals surface area contributed by atoms with Crippen LogP contribution in [0.4, 0.5) is 0 Å². The van der Waals surface area contributed by atoms with E-state index >= 15 is 0 Å². The molecule has 0 spiro atoms. The molecule has 3 aromatic heterocycles. The Kier molecular flexibility index (Phi) is 13.5. The maximum atomic E-state index is 9.44. The van der Waals surface area contributed by atoms with E-state index in [1.165, 1.54) is 14.8 Å². The summed E-state index contributed by atoms with van der Waals surface area (Å²) in [7, 11) is 0. The van der Waals surface area contributed by atoms with Crippen LogP contribution < -0.4 is 0 Å². The first kappa shape index (κ1) is 54.9. The quantitative estimate of drug-likeness (QED) is 0.126. The number of benzene rings is 24. The second kappa shape index (κ2) is 31.7. The third-order valence-corrected chi connectivity index (χ3v) is 28.3. The van der Waals surface area contributed by atoms with Gasteiger partial charge in [-0.2, -0.15) is 0 Å². The Morgan fingerprint density at radius 3 is 0.829 bits per heavy atom. The molecule has 3 heterocycles. The van der Waals surface area contributed by atoms with Crippen LogP contribution in [0.5, 0.6) is 0 Å². The molecule has 0 fully saturated rings. The van der Waals surface area contributed by atoms with Gasteiger partial charge in [0, 0.05) is 60.5 Å². The summed E-state index contributed by atoms with van der Waals surface area (Å²) in [5.74, 6) is 0. The lowest BCUT2D eigenvalue weighted by Gasteiger charge is -2.20. The predicted octanol–water partition coefficient (Wildman–Crippen LogP) is 37.5. The van der Waals surface area contributed by atoms with Crippen molar-refractivity contribution in [2.24, 2.45) is 0 Å². The Labute approximate surface area is 792 Å². The number of hydrogen-bond donors (Lipinski definition) is 0. The van der Waals surface area contributed by atoms with E-state index in [1.807, 2.05) is 285 Å². The van der Waals surface area contributed by atoms with Gasteiger partial charge in [0.1, 0.15) is 0 Å². The van der Waals surface area contributed by atoms with Crippen molar-refractivity contribution in [3.05, 3.63) is 473 Å². The van der Waals surface area contributed by atoms with E-state index in [4.69, 9.17) is 16.4 Å². The van der Waals surface area contributed by atoms with Crippen molar-refractivity contribution in [2.45, 2.75) is 0 Å². The molecule has 0 radical (unpaired) electrons. The zero-order valence-electron chi connectivity index (χ0n) is 92.4. The van der Waals surface area contributed by atoms with Gasteiger partial charge in [-0.1, -0.05) is 418 Å². The highest BCUT2D eigenvalue weighted by molar-refractivity contribution is 7.26. The van der Waals surface area contributed by atoms with Gasteiger partial charge < -0.3 is 0 Å². The molecule has 0 aliphatic carbocycles. The molecule has 0 amide bonds. The van der Waals surface area contributed by atoms with Gasteiger partial charge in [-0.15, -0.1) is 34.0 Å². The second-order valence-electron chi connectivity index (χ2n) is 31.9. The van der Waals surface area contributed by atoms with Crippen LogP contribution in [0.25, 0.3) is 258 Å². The van der Waals surface area contributed by atoms with E-state index in [9.17, 15) is 16.4 Å². The fourth-order valence-corrected chi connectivity index (χ4v) is 22.7. The van der Waals surface area contributed by atoms with Crippen molar-refractivity contribution >= 4 is 191 Å². The van der Waals surface area contributed by atoms with Gasteiger partial charge in [-0.05, 0) is 252 Å². The molecule has 0 N–H and O–H groups in total. The fraction of sp³-hybridized carbons (Fsp3) is 0. The van der Waals surface area contributed by atoms with Crippen molar-refractivity contribution in [3.63, 3.8) is 0 Å². The number of hydrogen-bond acceptors (Lipinski definition) is 3. The Balaban J connectivity index is 0.000000118. The molecule has 0 nitrogen and oxygen atoms in total. The topological polar surface area (TPSA) is 0 Å². The summed E-state index contributed by atoms with van der Waals surface area (Å²) in [5.41, 5.74) is 11.9. The van der Waals surface area contributed by atoms with Crippen LogP contribution >= 0.6 is 34.0 Å². The van der Waals surface area contributed by atoms with Crippen LogP contribution in [0.15, 0.2) is 473 Å². The van der Waals surface area contributed by atoms with E-state index in [2.05, 4.69) is 42.5 Å². The van der Waals surface area contributed by atoms with Crippen molar-refractivity contribution in [1.82, 2.24) is 0 Å². The van der Waals surface area contributed by atoms with E-state index < -0.39 is 72.5 Å². The molecule has 0 saturated heterocycles. The predicted molar refractivity (Wildman–Crippen MR) is 564 cm³/mol. The monoisotopic (exact) mass is 1710 g/mol. The lowest BCUT2D eigenvalue weighted by Crippen LogP contribution is -1.92. The summed E-state index contributed by atoms with van der Waals surface area (Å²) in [4.78, 5) is 0. The highest BCUT2D eigenvalue weighted by Gasteiger charge is 2.25. The van der Waals surface area contributed by atoms with Gasteiger partial charge in [0.15, 0.2) is 0 Å². The Morgan fingerprint density at radius 2 is 0.403 bits per heavy atom. The van der Waals surface area contributed by atoms with Gasteiger partial charge in [-0.25, -0.2) is 0 Å². The molecule has 3 heteroatoms. The van der Waals surface area contributed by atoms with Crippen molar-refractivity contribution in [2.75, 3.05) is 0 Å². The molecular weight excluding hydrogens is 1610 g/mol. The highest BCUT2D eigenvalue weighted by atomic mass is 32.1. The Hall–Kier alpha value is -15.7. The standard InChI is InChI=1S/3C42H26S/c1-2-11-30-26-31(25-20-27(30)10-1)41-35-14-5-3-12-33(35)40(34-13-4-6-15-36(34)41)29-23-21-28(22-24-29)32-17-9-19-39-42(32)37-16-7-8-18-38(37)43-39;1-2-11-27(12-3-1)28-21-22-30-26-31(24-23-29(30)25-28)40-32-13-4-6-15-34(32)41(35-16-7-5-14-33(35)40)37-18-10-20-39-42(37)36-17-8-9-19-38(36)43-39;1-2-13-27(14-3-1)28-25-26-35(30-16-5-4-15-29(28)30)40-31-17-6-8-19-33(31)41(34-20-9-7-18-32(34)40)37-22-12-24-39-42(37)36-21-10-11-23-38(36)43-39/h3*1-26H/i3D,4D,5D,6D,12D,13D,14D,15D;4D,5D,6D,7D,13D,14D,15D,16D;6D,7D,8D,9D,17D,18D,19D,20D. The molecular formula is C126H78S3. The minimum absolute atomic E-state index is 0.209. The lowest BCUT2D eigenvalue weighted by atomic mass is 9.83. The van der Waals surface area contributed by atoms with Gasteiger partial charge in [0.2, 0.25) is 0 Å². The average molecular weight is 1710 g/mol. The van der Waals surface area contributed by atoms with Crippen molar-refractivity contribution in [3.8, 4) is 100 Å². The Morgan fingerprint density at radius 1 is 0.140 bits per heavy atom. The number of fused-ring (bicyclic) bond motifs is 18. The van der Waals surface area contributed by atoms with Gasteiger partial charge >= 0.3 is 0 Å². The molecule has 24 aromatic carbocycles. The minimum atomic E-state index is -0.413. The van der Waals surface area contributed by atoms with Gasteiger partial charge in [0.05, 0.1) is 32.9 Å². The van der Waals surface area contributed by atoms with Gasteiger partial charge in [-0.3, -0.25) is 0 Å². The SMILES string of the molecule is [2H]c1c([2H])c([2H])c2c(-c3ccc4ccccc4c3)c3c([2H])c([2H])c([2H])c([2H])c3c(-c3ccc(-c4cccc5sc6ccccc6c45)cc3)c2c1[2H].[2H]c1c([2H])c([2H])c2c(-c3cccc4sc5ccccc5c34)c3c([2H])c([2H])c([2H])c([2H])c3c(-c3ccc(-c4ccccc4)c4ccccc34)c2c1[2H].[2H]c1c([2H])c([2H])c2c(-c3cccc4sc5ccccc5c34)c3c([2H])c([2H])c([2H])c([2H])c3c(-c3ccc4cc(-c5ccccc5)ccc4c3)c2c1[2H]. The third-order valence-electron chi connectivity index (χ3n) is 24.9. The maximum Gasteiger partial charge on any atom is 0.0629 e. The first-order chi connectivity index (χ1) is 74.0. The molecule has 0 aliphatic rings. The third kappa shape index (κ3) is 12.9. The fourth-order valence-electron chi connectivity index (χ4n) is 19.3. The first-order valence-corrected chi connectivity index (χ1v) is 44.8. The summed E-state index contributed by atoms with van der Waals surface area (Å²) in [6.45, 7) is 0. The molecule has 600 valence electrons. The summed E-state index contributed by atoms with van der Waals surface area (Å²) in [6, 6.07) is 98.8. The minimum Gasteiger partial charge on any atom is -0.135 e. The summed E-state index contributed by atoms with van der Waals surface area (Å²) >= 11 is 4.95. The Bertz CT molecular complexity index is 10500. The average Bonchev–Trinajstić information content (AvgIpc) is 1.59. The molecule has 0 bridgehead atoms. The van der Waals surface area contributed by atoms with Gasteiger partial charge in [0.25, 0.3) is 0 Å². The summed E-state index contributed by atoms with van der Waals surface area (Å²) < 4.78 is 224. The van der Waals surface area contributed by atoms with Crippen molar-refractivity contribution < 1.29 is 32.9 Å². The largest absolute Gasteiger partial charge is 0.135 e. The molecule has 129 heavy (non-hydrogen) atoms. The van der Waals surface area contributed by atoms with Crippen LogP contribution in [0.1, 0.15) is 32.9 Å². The van der Waals surface area contributed by atoms with E-state index in [0.29, 0.717) is 66.8 Å². The number of thiophene rings is 3. The highest BCUT2D eigenvalue weighted by Crippen LogP contribution is 2.54. The molecule has 0 saturated carbocycles. The van der Waals surface area contributed by atoms with Crippen LogP contribution in [0, 0.1) is 0 Å². The van der Waals surface area contributed by atoms with Crippen LogP contribution in [-0.4, -0.2) is 0 Å².